The second-order valence-electron chi connectivity index (χ2n) is 2.60. The first kappa shape index (κ1) is 11.2. The Bertz CT molecular complexity index is 323. The van der Waals surface area contributed by atoms with Crippen LogP contribution >= 0.6 is 0 Å². The Kier molecular flexibility index (Phi) is 3.07. The van der Waals surface area contributed by atoms with E-state index in [2.05, 4.69) is 9.57 Å². The molecule has 0 aromatic carbocycles. The average Bonchev–Trinajstić information content (AvgIpc) is 2.44. The molecule has 1 aliphatic heterocycles. The van der Waals surface area contributed by atoms with Crippen LogP contribution in [0.2, 0.25) is 0 Å². The number of esters is 1. The van der Waals surface area contributed by atoms with Gasteiger partial charge in [-0.05, 0) is 0 Å². The highest BCUT2D eigenvalue weighted by Crippen LogP contribution is 2.24. The molecule has 9 nitrogen and oxygen atoms in total. The fourth-order valence-electron chi connectivity index (χ4n) is 0.984. The number of hydrogen-bond donors (Lipinski definition) is 3. The summed E-state index contributed by atoms with van der Waals surface area (Å²) in [6.45, 7) is -0.810. The van der Waals surface area contributed by atoms with Crippen molar-refractivity contribution in [3.63, 3.8) is 0 Å². The van der Waals surface area contributed by atoms with E-state index in [0.717, 1.165) is 0 Å². The van der Waals surface area contributed by atoms with Crippen molar-refractivity contribution in [1.29, 1.82) is 0 Å². The van der Waals surface area contributed by atoms with Crippen LogP contribution in [0.5, 0.6) is 0 Å². The molecule has 0 bridgehead atoms. The van der Waals surface area contributed by atoms with Crippen LogP contribution in [0, 0.1) is 10.1 Å². The molecule has 1 heterocycles. The molecule has 1 aliphatic rings. The van der Waals surface area contributed by atoms with Gasteiger partial charge in [-0.3, -0.25) is 4.84 Å². The van der Waals surface area contributed by atoms with Crippen molar-refractivity contribution < 1.29 is 34.8 Å². The van der Waals surface area contributed by atoms with Crippen molar-refractivity contribution in [2.24, 2.45) is 0 Å². The van der Waals surface area contributed by atoms with Gasteiger partial charge in [-0.15, -0.1) is 10.1 Å². The Morgan fingerprint density at radius 2 is 2.27 bits per heavy atom. The maximum atomic E-state index is 10.8. The molecule has 2 atom stereocenters. The summed E-state index contributed by atoms with van der Waals surface area (Å²) >= 11 is 0. The van der Waals surface area contributed by atoms with E-state index in [9.17, 15) is 14.9 Å². The molecule has 0 saturated carbocycles. The second kappa shape index (κ2) is 4.11. The van der Waals surface area contributed by atoms with Crippen molar-refractivity contribution >= 4 is 5.97 Å². The molecule has 0 fully saturated rings. The van der Waals surface area contributed by atoms with Gasteiger partial charge in [-0.25, -0.2) is 4.79 Å². The summed E-state index contributed by atoms with van der Waals surface area (Å²) in [5.74, 6) is -3.18. The van der Waals surface area contributed by atoms with Gasteiger partial charge in [0.25, 0.3) is 5.09 Å². The average molecular weight is 221 g/mol. The molecule has 15 heavy (non-hydrogen) atoms. The van der Waals surface area contributed by atoms with Crippen LogP contribution in [0.3, 0.4) is 0 Å². The first-order valence-electron chi connectivity index (χ1n) is 3.72. The summed E-state index contributed by atoms with van der Waals surface area (Å²) in [5, 5.41) is 35.4. The third-order valence-corrected chi connectivity index (χ3v) is 1.63. The van der Waals surface area contributed by atoms with Gasteiger partial charge in [0.1, 0.15) is 6.10 Å². The number of aliphatic hydroxyl groups is 3. The Morgan fingerprint density at radius 1 is 1.67 bits per heavy atom. The molecule has 3 N–H and O–H groups in total. The van der Waals surface area contributed by atoms with Crippen LogP contribution in [-0.4, -0.2) is 45.2 Å². The van der Waals surface area contributed by atoms with E-state index in [1.54, 1.807) is 0 Å². The molecule has 0 amide bonds. The normalized spacial score (nSPS) is 22.5. The second-order valence-corrected chi connectivity index (χ2v) is 2.60. The van der Waals surface area contributed by atoms with Crippen LogP contribution in [0.25, 0.3) is 0 Å². The Balaban J connectivity index is 2.92. The minimum absolute atomic E-state index is 0.810. The van der Waals surface area contributed by atoms with E-state index in [1.165, 1.54) is 0 Å². The summed E-state index contributed by atoms with van der Waals surface area (Å²) in [4.78, 5) is 24.6. The third-order valence-electron chi connectivity index (χ3n) is 1.63. The lowest BCUT2D eigenvalue weighted by molar-refractivity contribution is -0.744. The molecular formula is C6H7NO8. The summed E-state index contributed by atoms with van der Waals surface area (Å²) < 4.78 is 4.34. The van der Waals surface area contributed by atoms with Crippen molar-refractivity contribution in [3.8, 4) is 0 Å². The number of ether oxygens (including phenoxy) is 1. The summed E-state index contributed by atoms with van der Waals surface area (Å²) in [7, 11) is 0. The molecule has 0 aliphatic carbocycles. The van der Waals surface area contributed by atoms with Gasteiger partial charge in [0.05, 0.1) is 6.61 Å². The minimum Gasteiger partial charge on any atom is -0.500 e. The fourth-order valence-corrected chi connectivity index (χ4v) is 0.984. The maximum Gasteiger partial charge on any atom is 0.376 e. The van der Waals surface area contributed by atoms with Crippen molar-refractivity contribution in [3.05, 3.63) is 21.6 Å². The van der Waals surface area contributed by atoms with Gasteiger partial charge in [-0.1, -0.05) is 0 Å². The van der Waals surface area contributed by atoms with Crippen molar-refractivity contribution in [1.82, 2.24) is 0 Å². The SMILES string of the molecule is O=C1O[C@H]([C@@H](O)CO)C(O[N+](=O)[O-])=C1O. The maximum absolute atomic E-state index is 10.8. The van der Waals surface area contributed by atoms with E-state index >= 15 is 0 Å². The quantitative estimate of drug-likeness (QED) is 0.288. The minimum atomic E-state index is -1.60. The number of aliphatic hydroxyl groups excluding tert-OH is 3. The highest BCUT2D eigenvalue weighted by Gasteiger charge is 2.41. The smallest absolute Gasteiger partial charge is 0.376 e. The van der Waals surface area contributed by atoms with E-state index in [0.29, 0.717) is 0 Å². The predicted molar refractivity (Wildman–Crippen MR) is 40.7 cm³/mol. The Morgan fingerprint density at radius 3 is 2.73 bits per heavy atom. The van der Waals surface area contributed by atoms with E-state index < -0.39 is 41.4 Å². The molecule has 84 valence electrons. The summed E-state index contributed by atoms with van der Waals surface area (Å²) in [6.07, 6.45) is -3.18. The Hall–Kier alpha value is -1.87. The zero-order valence-corrected chi connectivity index (χ0v) is 7.19. The number of hydrogen-bond acceptors (Lipinski definition) is 8. The fraction of sp³-hybridized carbons (Fsp3) is 0.500. The van der Waals surface area contributed by atoms with E-state index in [4.69, 9.17) is 15.3 Å². The first-order chi connectivity index (χ1) is 6.97. The highest BCUT2D eigenvalue weighted by molar-refractivity contribution is 5.89. The molecule has 0 saturated heterocycles. The van der Waals surface area contributed by atoms with Crippen molar-refractivity contribution in [2.75, 3.05) is 6.61 Å². The first-order valence-corrected chi connectivity index (χ1v) is 3.72. The summed E-state index contributed by atoms with van der Waals surface area (Å²) in [5.41, 5.74) is 0. The molecule has 0 aromatic heterocycles. The number of rotatable bonds is 4. The lowest BCUT2D eigenvalue weighted by Crippen LogP contribution is -2.33. The number of carbonyl (C=O) groups excluding carboxylic acids is 1. The van der Waals surface area contributed by atoms with Crippen LogP contribution in [0.1, 0.15) is 0 Å². The van der Waals surface area contributed by atoms with Crippen LogP contribution in [-0.2, 0) is 14.4 Å². The van der Waals surface area contributed by atoms with E-state index in [1.807, 2.05) is 0 Å². The number of carbonyl (C=O) groups is 1. The van der Waals surface area contributed by atoms with Crippen LogP contribution in [0.15, 0.2) is 11.5 Å². The van der Waals surface area contributed by atoms with E-state index in [-0.39, 0.29) is 0 Å². The topological polar surface area (TPSA) is 139 Å². The van der Waals surface area contributed by atoms with Gasteiger partial charge in [0.15, 0.2) is 11.9 Å². The molecule has 9 heteroatoms. The predicted octanol–water partition coefficient (Wildman–Crippen LogP) is -1.76. The number of nitrogens with zero attached hydrogens (tertiary/aromatic N) is 1. The molecule has 0 unspecified atom stereocenters. The molecule has 0 aromatic rings. The van der Waals surface area contributed by atoms with Crippen molar-refractivity contribution in [2.45, 2.75) is 12.2 Å². The largest absolute Gasteiger partial charge is 0.500 e. The monoisotopic (exact) mass is 221 g/mol. The molecule has 0 spiro atoms. The number of cyclic esters (lactones) is 1. The highest BCUT2D eigenvalue weighted by atomic mass is 17.0. The lowest BCUT2D eigenvalue weighted by atomic mass is 10.2. The van der Waals surface area contributed by atoms with Gasteiger partial charge in [0.2, 0.25) is 5.76 Å². The zero-order chi connectivity index (χ0) is 11.6. The Labute approximate surface area is 82.2 Å². The summed E-state index contributed by atoms with van der Waals surface area (Å²) in [6, 6.07) is 0. The van der Waals surface area contributed by atoms with Gasteiger partial charge >= 0.3 is 5.97 Å². The zero-order valence-electron chi connectivity index (χ0n) is 7.19. The molecule has 1 rings (SSSR count). The van der Waals surface area contributed by atoms with Crippen LogP contribution in [0.4, 0.5) is 0 Å². The third kappa shape index (κ3) is 2.14. The van der Waals surface area contributed by atoms with Crippen LogP contribution < -0.4 is 0 Å². The van der Waals surface area contributed by atoms with Gasteiger partial charge in [-0.2, -0.15) is 0 Å². The van der Waals surface area contributed by atoms with Gasteiger partial charge < -0.3 is 20.1 Å². The lowest BCUT2D eigenvalue weighted by Gasteiger charge is -2.15. The van der Waals surface area contributed by atoms with Gasteiger partial charge in [0, 0.05) is 0 Å². The molecular weight excluding hydrogens is 214 g/mol. The standard InChI is InChI=1S/C6H7NO8/c8-1-2(9)4-5(15-7(12)13)3(10)6(11)14-4/h2,4,8-10H,1H2/t2-,4+/m0/s1. The molecule has 0 radical (unpaired) electrons.